The average Bonchev–Trinajstić information content (AvgIpc) is 2.85. The van der Waals surface area contributed by atoms with Crippen molar-refractivity contribution < 1.29 is 37.9 Å². The minimum atomic E-state index is -2.78. The first-order valence-electron chi connectivity index (χ1n) is 12.2. The summed E-state index contributed by atoms with van der Waals surface area (Å²) in [5, 5.41) is 22.7. The smallest absolute Gasteiger partial charge is 0.333 e. The van der Waals surface area contributed by atoms with Gasteiger partial charge in [-0.3, -0.25) is 10.1 Å². The van der Waals surface area contributed by atoms with Crippen molar-refractivity contribution in [1.82, 2.24) is 4.90 Å². The van der Waals surface area contributed by atoms with Crippen molar-refractivity contribution in [2.45, 2.75) is 51.6 Å². The Morgan fingerprint density at radius 2 is 1.76 bits per heavy atom. The molecule has 1 unspecified atom stereocenters. The van der Waals surface area contributed by atoms with Gasteiger partial charge in [0.1, 0.15) is 12.4 Å². The number of amides is 2. The van der Waals surface area contributed by atoms with Gasteiger partial charge in [0.2, 0.25) is 5.92 Å². The number of urea groups is 1. The zero-order valence-electron chi connectivity index (χ0n) is 21.4. The molecule has 2 N–H and O–H groups in total. The highest BCUT2D eigenvalue weighted by Gasteiger charge is 2.21. The van der Waals surface area contributed by atoms with Gasteiger partial charge in [-0.25, -0.2) is 18.4 Å². The van der Waals surface area contributed by atoms with Gasteiger partial charge in [0.05, 0.1) is 11.5 Å². The highest BCUT2D eigenvalue weighted by Crippen LogP contribution is 2.20. The zero-order chi connectivity index (χ0) is 28.1. The van der Waals surface area contributed by atoms with Crippen molar-refractivity contribution in [2.24, 2.45) is 0 Å². The average molecular weight is 538 g/mol. The Bertz CT molecular complexity index is 1040. The van der Waals surface area contributed by atoms with Gasteiger partial charge in [-0.15, -0.1) is 0 Å². The van der Waals surface area contributed by atoms with Crippen LogP contribution in [0.15, 0.2) is 48.5 Å². The molecule has 10 nitrogen and oxygen atoms in total. The molecule has 1 atom stereocenters. The molecule has 208 valence electrons. The number of hydrogen-bond donors (Lipinski definition) is 2. The third-order valence-corrected chi connectivity index (χ3v) is 5.53. The minimum absolute atomic E-state index is 0.115. The van der Waals surface area contributed by atoms with Crippen LogP contribution in [0.25, 0.3) is 0 Å². The number of non-ortho nitro benzene ring substituents is 1. The van der Waals surface area contributed by atoms with E-state index in [2.05, 4.69) is 5.32 Å². The van der Waals surface area contributed by atoms with Gasteiger partial charge >= 0.3 is 12.0 Å². The predicted octanol–water partition coefficient (Wildman–Crippen LogP) is 5.37. The van der Waals surface area contributed by atoms with E-state index in [-0.39, 0.29) is 51.3 Å². The third-order valence-electron chi connectivity index (χ3n) is 5.53. The van der Waals surface area contributed by atoms with Crippen molar-refractivity contribution in [3.05, 3.63) is 64.2 Å². The number of halogens is 2. The molecule has 2 amide bonds. The number of hydrogen-bond acceptors (Lipinski definition) is 6. The Morgan fingerprint density at radius 1 is 1.11 bits per heavy atom. The number of benzene rings is 2. The fourth-order valence-corrected chi connectivity index (χ4v) is 3.55. The predicted molar refractivity (Wildman–Crippen MR) is 137 cm³/mol. The molecule has 0 bridgehead atoms. The molecular formula is C26H33F2N3O7. The summed E-state index contributed by atoms with van der Waals surface area (Å²) < 4.78 is 37.3. The molecule has 2 rings (SSSR count). The number of anilines is 1. The lowest BCUT2D eigenvalue weighted by Gasteiger charge is -2.23. The molecule has 0 aliphatic rings. The number of carbonyl (C=O) groups excluding carboxylic acids is 1. The van der Waals surface area contributed by atoms with Crippen LogP contribution in [0.2, 0.25) is 0 Å². The van der Waals surface area contributed by atoms with E-state index < -0.39 is 29.0 Å². The maximum atomic E-state index is 13.2. The number of ether oxygens (including phenoxy) is 2. The number of rotatable bonds is 16. The summed E-state index contributed by atoms with van der Waals surface area (Å²) in [5.74, 6) is -3.31. The molecule has 0 fully saturated rings. The monoisotopic (exact) mass is 537 g/mol. The summed E-state index contributed by atoms with van der Waals surface area (Å²) in [6, 6.07) is 11.7. The molecule has 0 radical (unpaired) electrons. The summed E-state index contributed by atoms with van der Waals surface area (Å²) in [6.45, 7) is 3.35. The van der Waals surface area contributed by atoms with Crippen LogP contribution in [0.4, 0.5) is 25.0 Å². The Labute approximate surface area is 219 Å². The second-order valence-corrected chi connectivity index (χ2v) is 8.73. The van der Waals surface area contributed by atoms with Gasteiger partial charge in [-0.05, 0) is 56.5 Å². The number of nitro groups is 1. The first-order chi connectivity index (χ1) is 18.0. The Hall–Kier alpha value is -3.80. The highest BCUT2D eigenvalue weighted by atomic mass is 19.3. The zero-order valence-corrected chi connectivity index (χ0v) is 21.4. The Morgan fingerprint density at radius 3 is 2.32 bits per heavy atom. The fraction of sp³-hybridized carbons (Fsp3) is 0.462. The molecule has 0 aliphatic heterocycles. The van der Waals surface area contributed by atoms with Crippen LogP contribution < -0.4 is 10.1 Å². The number of nitrogens with zero attached hydrogens (tertiary/aromatic N) is 2. The van der Waals surface area contributed by atoms with Crippen molar-refractivity contribution in [3.63, 3.8) is 0 Å². The van der Waals surface area contributed by atoms with Gasteiger partial charge < -0.3 is 24.8 Å². The summed E-state index contributed by atoms with van der Waals surface area (Å²) in [7, 11) is 0. The van der Waals surface area contributed by atoms with Crippen LogP contribution in [0.3, 0.4) is 0 Å². The number of carbonyl (C=O) groups is 2. The van der Waals surface area contributed by atoms with Crippen LogP contribution in [0.1, 0.15) is 38.7 Å². The molecule has 0 aliphatic carbocycles. The SMILES string of the molecule is CCOC(Cc1ccc(OCCN(CCCCC(C)(F)F)C(=O)Nc2ccc([N+](=O)[O-])cc2)cc1)C(=O)O. The van der Waals surface area contributed by atoms with Gasteiger partial charge in [-0.1, -0.05) is 12.1 Å². The summed E-state index contributed by atoms with van der Waals surface area (Å²) in [6.07, 6.45) is -0.443. The van der Waals surface area contributed by atoms with Crippen LogP contribution in [-0.2, 0) is 16.0 Å². The van der Waals surface area contributed by atoms with Crippen LogP contribution in [0.5, 0.6) is 5.75 Å². The number of nitrogens with one attached hydrogen (secondary N) is 1. The Balaban J connectivity index is 1.95. The van der Waals surface area contributed by atoms with Crippen LogP contribution in [0, 0.1) is 10.1 Å². The molecular weight excluding hydrogens is 504 g/mol. The molecule has 0 saturated heterocycles. The van der Waals surface area contributed by atoms with Crippen molar-refractivity contribution in [1.29, 1.82) is 0 Å². The summed E-state index contributed by atoms with van der Waals surface area (Å²) in [4.78, 5) is 35.8. The van der Waals surface area contributed by atoms with Gasteiger partial charge in [0, 0.05) is 43.8 Å². The topological polar surface area (TPSA) is 131 Å². The quantitative estimate of drug-likeness (QED) is 0.167. The second-order valence-electron chi connectivity index (χ2n) is 8.73. The number of aliphatic carboxylic acids is 1. The van der Waals surface area contributed by atoms with Gasteiger partial charge in [-0.2, -0.15) is 0 Å². The number of unbranched alkanes of at least 4 members (excludes halogenated alkanes) is 1. The van der Waals surface area contributed by atoms with E-state index in [1.165, 1.54) is 29.2 Å². The lowest BCUT2D eigenvalue weighted by molar-refractivity contribution is -0.384. The highest BCUT2D eigenvalue weighted by molar-refractivity contribution is 5.89. The van der Waals surface area contributed by atoms with Gasteiger partial charge in [0.25, 0.3) is 5.69 Å². The number of carboxylic acid groups (broad SMARTS) is 1. The molecule has 2 aromatic carbocycles. The van der Waals surface area contributed by atoms with E-state index in [9.17, 15) is 33.6 Å². The van der Waals surface area contributed by atoms with E-state index in [0.717, 1.165) is 12.5 Å². The minimum Gasteiger partial charge on any atom is -0.492 e. The van der Waals surface area contributed by atoms with Crippen LogP contribution in [-0.4, -0.2) is 65.3 Å². The molecule has 0 heterocycles. The van der Waals surface area contributed by atoms with Crippen molar-refractivity contribution in [2.75, 3.05) is 31.6 Å². The molecule has 0 spiro atoms. The van der Waals surface area contributed by atoms with E-state index in [1.807, 2.05) is 0 Å². The number of nitro benzene ring substituents is 1. The normalized spacial score (nSPS) is 12.0. The molecule has 0 aromatic heterocycles. The lowest BCUT2D eigenvalue weighted by Crippen LogP contribution is -2.38. The molecule has 0 saturated carbocycles. The Kier molecular flexibility index (Phi) is 11.9. The first kappa shape index (κ1) is 30.4. The maximum absolute atomic E-state index is 13.2. The standard InChI is InChI=1S/C26H33F2N3O7/c1-3-37-23(24(32)33)18-19-6-12-22(13-7-19)38-17-16-30(15-5-4-14-26(2,27)28)25(34)29-20-8-10-21(11-9-20)31(35)36/h6-13,23H,3-5,14-18H2,1-2H3,(H,29,34)(H,32,33). The number of alkyl halides is 2. The van der Waals surface area contributed by atoms with Crippen LogP contribution >= 0.6 is 0 Å². The maximum Gasteiger partial charge on any atom is 0.333 e. The third kappa shape index (κ3) is 11.1. The molecule has 12 heteroatoms. The van der Waals surface area contributed by atoms with E-state index in [1.54, 1.807) is 31.2 Å². The summed E-state index contributed by atoms with van der Waals surface area (Å²) >= 11 is 0. The molecule has 38 heavy (non-hydrogen) atoms. The second kappa shape index (κ2) is 14.8. The van der Waals surface area contributed by atoms with Crippen molar-refractivity contribution in [3.8, 4) is 5.75 Å². The number of carboxylic acids is 1. The van der Waals surface area contributed by atoms with E-state index in [4.69, 9.17) is 9.47 Å². The van der Waals surface area contributed by atoms with Crippen molar-refractivity contribution >= 4 is 23.4 Å². The summed E-state index contributed by atoms with van der Waals surface area (Å²) in [5.41, 5.74) is 1.00. The lowest BCUT2D eigenvalue weighted by atomic mass is 10.1. The molecule has 2 aromatic rings. The van der Waals surface area contributed by atoms with E-state index in [0.29, 0.717) is 17.9 Å². The fourth-order valence-electron chi connectivity index (χ4n) is 3.55. The first-order valence-corrected chi connectivity index (χ1v) is 12.2. The van der Waals surface area contributed by atoms with Gasteiger partial charge in [0.15, 0.2) is 6.10 Å². The van der Waals surface area contributed by atoms with E-state index >= 15 is 0 Å². The largest absolute Gasteiger partial charge is 0.492 e.